The molecule has 0 aliphatic carbocycles. The van der Waals surface area contributed by atoms with Gasteiger partial charge < -0.3 is 5.11 Å². The van der Waals surface area contributed by atoms with Crippen LogP contribution in [0.15, 0.2) is 18.2 Å². The molecule has 86 valence electrons. The van der Waals surface area contributed by atoms with Crippen molar-refractivity contribution in [3.05, 3.63) is 33.8 Å². The van der Waals surface area contributed by atoms with Crippen molar-refractivity contribution in [2.24, 2.45) is 0 Å². The third-order valence-corrected chi connectivity index (χ3v) is 4.14. The third-order valence-electron chi connectivity index (χ3n) is 2.33. The van der Waals surface area contributed by atoms with Gasteiger partial charge in [-0.1, -0.05) is 29.3 Å². The molecule has 6 heteroatoms. The highest BCUT2D eigenvalue weighted by atomic mass is 35.5. The van der Waals surface area contributed by atoms with Gasteiger partial charge >= 0.3 is 5.97 Å². The van der Waals surface area contributed by atoms with Crippen LogP contribution in [0.5, 0.6) is 0 Å². The van der Waals surface area contributed by atoms with E-state index in [4.69, 9.17) is 28.3 Å². The van der Waals surface area contributed by atoms with E-state index in [0.29, 0.717) is 15.8 Å². The normalized spacial score (nSPS) is 24.6. The van der Waals surface area contributed by atoms with Gasteiger partial charge in [0.2, 0.25) is 0 Å². The van der Waals surface area contributed by atoms with Gasteiger partial charge in [-0.25, -0.2) is 0 Å². The smallest absolute Gasteiger partial charge is 0.321 e. The van der Waals surface area contributed by atoms with E-state index in [1.54, 1.807) is 12.1 Å². The predicted octanol–water partition coefficient (Wildman–Crippen LogP) is 2.78. The molecule has 0 radical (unpaired) electrons. The summed E-state index contributed by atoms with van der Waals surface area (Å²) in [6.07, 6.45) is 0. The summed E-state index contributed by atoms with van der Waals surface area (Å²) >= 11 is 13.4. The van der Waals surface area contributed by atoms with Gasteiger partial charge in [0.25, 0.3) is 0 Å². The number of benzene rings is 1. The molecule has 2 atom stereocenters. The second-order valence-corrected chi connectivity index (χ2v) is 5.42. The number of nitrogens with one attached hydrogen (secondary N) is 1. The maximum Gasteiger partial charge on any atom is 0.321 e. The lowest BCUT2D eigenvalue weighted by molar-refractivity contribution is -0.138. The summed E-state index contributed by atoms with van der Waals surface area (Å²) in [6, 6.07) is 4.72. The first-order chi connectivity index (χ1) is 7.58. The quantitative estimate of drug-likeness (QED) is 0.873. The second kappa shape index (κ2) is 4.84. The lowest BCUT2D eigenvalue weighted by atomic mass is 10.2. The highest BCUT2D eigenvalue weighted by molar-refractivity contribution is 7.99. The van der Waals surface area contributed by atoms with Crippen LogP contribution >= 0.6 is 35.0 Å². The first-order valence-corrected chi connectivity index (χ1v) is 6.44. The number of carboxylic acids is 1. The minimum atomic E-state index is -0.833. The zero-order valence-electron chi connectivity index (χ0n) is 8.11. The fourth-order valence-electron chi connectivity index (χ4n) is 1.51. The van der Waals surface area contributed by atoms with Crippen LogP contribution in [0.4, 0.5) is 0 Å². The molecule has 0 amide bonds. The average Bonchev–Trinajstić information content (AvgIpc) is 2.66. The molecule has 0 saturated carbocycles. The Morgan fingerprint density at radius 3 is 2.81 bits per heavy atom. The number of carboxylic acid groups (broad SMARTS) is 1. The van der Waals surface area contributed by atoms with E-state index in [-0.39, 0.29) is 5.37 Å². The molecule has 0 spiro atoms. The maximum atomic E-state index is 10.8. The number of halogens is 2. The Kier molecular flexibility index (Phi) is 3.64. The van der Waals surface area contributed by atoms with Crippen molar-refractivity contribution in [2.75, 3.05) is 5.75 Å². The van der Waals surface area contributed by atoms with Crippen molar-refractivity contribution in [2.45, 2.75) is 11.4 Å². The van der Waals surface area contributed by atoms with Crippen LogP contribution in [-0.4, -0.2) is 22.9 Å². The summed E-state index contributed by atoms with van der Waals surface area (Å²) in [6.45, 7) is 0. The number of thioether (sulfide) groups is 1. The Hall–Kier alpha value is -0.420. The molecule has 1 unspecified atom stereocenters. The summed E-state index contributed by atoms with van der Waals surface area (Å²) in [7, 11) is 0. The van der Waals surface area contributed by atoms with Crippen molar-refractivity contribution in [3.8, 4) is 0 Å². The molecular weight excluding hydrogens is 269 g/mol. The van der Waals surface area contributed by atoms with Gasteiger partial charge in [-0.05, 0) is 17.7 Å². The first-order valence-electron chi connectivity index (χ1n) is 4.63. The van der Waals surface area contributed by atoms with E-state index in [1.165, 1.54) is 11.8 Å². The van der Waals surface area contributed by atoms with Crippen LogP contribution in [0.3, 0.4) is 0 Å². The fourth-order valence-corrected chi connectivity index (χ4v) is 3.36. The molecule has 2 rings (SSSR count). The molecule has 1 aliphatic rings. The van der Waals surface area contributed by atoms with E-state index in [2.05, 4.69) is 5.32 Å². The van der Waals surface area contributed by atoms with Crippen LogP contribution in [0.1, 0.15) is 10.9 Å². The monoisotopic (exact) mass is 277 g/mol. The highest BCUT2D eigenvalue weighted by Gasteiger charge is 2.31. The minimum Gasteiger partial charge on any atom is -0.480 e. The van der Waals surface area contributed by atoms with Crippen LogP contribution in [0, 0.1) is 0 Å². The van der Waals surface area contributed by atoms with Crippen molar-refractivity contribution < 1.29 is 9.90 Å². The van der Waals surface area contributed by atoms with Gasteiger partial charge in [-0.2, -0.15) is 0 Å². The molecule has 1 aromatic rings. The van der Waals surface area contributed by atoms with Gasteiger partial charge in [-0.3, -0.25) is 10.1 Å². The zero-order valence-corrected chi connectivity index (χ0v) is 10.4. The standard InChI is InChI=1S/C10H9Cl2NO2S/c11-5-1-2-6(7(12)3-5)9-13-8(4-16-9)10(14)15/h1-3,8-9,13H,4H2,(H,14,15)/t8-,9?/m1/s1. The van der Waals surface area contributed by atoms with Crippen molar-refractivity contribution in [1.29, 1.82) is 0 Å². The van der Waals surface area contributed by atoms with E-state index in [0.717, 1.165) is 5.56 Å². The molecule has 1 heterocycles. The molecule has 1 aromatic carbocycles. The number of aliphatic carboxylic acids is 1. The number of hydrogen-bond acceptors (Lipinski definition) is 3. The summed E-state index contributed by atoms with van der Waals surface area (Å²) in [5.41, 5.74) is 0.875. The number of rotatable bonds is 2. The first kappa shape index (κ1) is 12.0. The Labute approximate surface area is 107 Å². The Morgan fingerprint density at radius 1 is 1.50 bits per heavy atom. The van der Waals surface area contributed by atoms with Gasteiger partial charge in [0.1, 0.15) is 6.04 Å². The lowest BCUT2D eigenvalue weighted by Gasteiger charge is -2.13. The summed E-state index contributed by atoms with van der Waals surface area (Å²) in [4.78, 5) is 10.8. The van der Waals surface area contributed by atoms with E-state index in [9.17, 15) is 4.79 Å². The van der Waals surface area contributed by atoms with Gasteiger partial charge in [0.15, 0.2) is 0 Å². The molecule has 16 heavy (non-hydrogen) atoms. The van der Waals surface area contributed by atoms with Crippen LogP contribution in [0.2, 0.25) is 10.0 Å². The average molecular weight is 278 g/mol. The number of carbonyl (C=O) groups is 1. The van der Waals surface area contributed by atoms with E-state index >= 15 is 0 Å². The lowest BCUT2D eigenvalue weighted by Crippen LogP contribution is -2.33. The van der Waals surface area contributed by atoms with Crippen LogP contribution in [-0.2, 0) is 4.79 Å². The SMILES string of the molecule is O=C(O)[C@H]1CSC(c2ccc(Cl)cc2Cl)N1. The molecule has 3 nitrogen and oxygen atoms in total. The van der Waals surface area contributed by atoms with Gasteiger partial charge in [-0.15, -0.1) is 11.8 Å². The molecule has 0 aromatic heterocycles. The molecule has 1 saturated heterocycles. The van der Waals surface area contributed by atoms with Crippen molar-refractivity contribution in [3.63, 3.8) is 0 Å². The second-order valence-electron chi connectivity index (χ2n) is 3.44. The molecular formula is C10H9Cl2NO2S. The van der Waals surface area contributed by atoms with E-state index < -0.39 is 12.0 Å². The number of hydrogen-bond donors (Lipinski definition) is 2. The molecule has 1 aliphatic heterocycles. The molecule has 0 bridgehead atoms. The summed E-state index contributed by atoms with van der Waals surface area (Å²) in [5, 5.41) is 12.9. The Balaban J connectivity index is 2.17. The largest absolute Gasteiger partial charge is 0.480 e. The zero-order chi connectivity index (χ0) is 11.7. The van der Waals surface area contributed by atoms with Crippen LogP contribution < -0.4 is 5.32 Å². The fraction of sp³-hybridized carbons (Fsp3) is 0.300. The highest BCUT2D eigenvalue weighted by Crippen LogP contribution is 2.37. The maximum absolute atomic E-state index is 10.8. The molecule has 2 N–H and O–H groups in total. The Bertz CT molecular complexity index is 427. The minimum absolute atomic E-state index is 0.0779. The van der Waals surface area contributed by atoms with Crippen molar-refractivity contribution >= 4 is 40.9 Å². The van der Waals surface area contributed by atoms with E-state index in [1.807, 2.05) is 6.07 Å². The predicted molar refractivity (Wildman–Crippen MR) is 66.2 cm³/mol. The summed E-state index contributed by atoms with van der Waals surface area (Å²) < 4.78 is 0. The van der Waals surface area contributed by atoms with Crippen molar-refractivity contribution in [1.82, 2.24) is 5.32 Å². The van der Waals surface area contributed by atoms with Crippen LogP contribution in [0.25, 0.3) is 0 Å². The molecule has 1 fully saturated rings. The topological polar surface area (TPSA) is 49.3 Å². The van der Waals surface area contributed by atoms with Gasteiger partial charge in [0, 0.05) is 15.8 Å². The summed E-state index contributed by atoms with van der Waals surface area (Å²) in [5.74, 6) is -0.293. The van der Waals surface area contributed by atoms with Gasteiger partial charge in [0.05, 0.1) is 5.37 Å². The Morgan fingerprint density at radius 2 is 2.25 bits per heavy atom. The third kappa shape index (κ3) is 2.46.